The van der Waals surface area contributed by atoms with Crippen LogP contribution in [-0.4, -0.2) is 65.1 Å². The second kappa shape index (κ2) is 9.95. The number of nitroso groups, excluding NO2 is 1. The number of ether oxygens (including phenoxy) is 1. The van der Waals surface area contributed by atoms with E-state index in [1.807, 2.05) is 6.08 Å². The van der Waals surface area contributed by atoms with Crippen LogP contribution in [0.5, 0.6) is 0 Å². The summed E-state index contributed by atoms with van der Waals surface area (Å²) in [4.78, 5) is 23.3. The fourth-order valence-corrected chi connectivity index (χ4v) is 4.14. The van der Waals surface area contributed by atoms with Crippen molar-refractivity contribution in [3.05, 3.63) is 47.2 Å². The molecule has 8 nitrogen and oxygen atoms in total. The number of hydrogen-bond acceptors (Lipinski definition) is 7. The summed E-state index contributed by atoms with van der Waals surface area (Å²) >= 11 is 0. The highest BCUT2D eigenvalue weighted by Crippen LogP contribution is 2.27. The van der Waals surface area contributed by atoms with Crippen molar-refractivity contribution >= 4 is 17.5 Å². The predicted molar refractivity (Wildman–Crippen MR) is 118 cm³/mol. The summed E-state index contributed by atoms with van der Waals surface area (Å²) in [6, 6.07) is 0.611. The van der Waals surface area contributed by atoms with E-state index in [1.54, 1.807) is 6.20 Å². The van der Waals surface area contributed by atoms with Gasteiger partial charge >= 0.3 is 5.69 Å². The van der Waals surface area contributed by atoms with Crippen LogP contribution in [0.2, 0.25) is 0 Å². The van der Waals surface area contributed by atoms with Crippen molar-refractivity contribution in [1.29, 1.82) is 0 Å². The number of aromatic nitrogens is 2. The standard InChI is InChI=1S/C22H31N6O2/c1-27(29)20-16-23-22(26-21(20)24-17-6-3-2-4-7-17)25-18-8-5-9-19(11-10-18)28-12-14-30-15-13-28/h5,8-11,16-17,19H,2-4,6-7,12-15H2,1H3,(H2,23,24,25,26)/q+1. The molecule has 1 aromatic rings. The van der Waals surface area contributed by atoms with Gasteiger partial charge in [0.25, 0.3) is 0 Å². The van der Waals surface area contributed by atoms with Crippen LogP contribution in [0.25, 0.3) is 0 Å². The van der Waals surface area contributed by atoms with E-state index in [0.717, 1.165) is 49.6 Å². The summed E-state index contributed by atoms with van der Waals surface area (Å²) < 4.78 is 6.27. The third kappa shape index (κ3) is 5.31. The Kier molecular flexibility index (Phi) is 6.86. The molecular formula is C22H31N6O2+. The highest BCUT2D eigenvalue weighted by Gasteiger charge is 2.22. The van der Waals surface area contributed by atoms with Crippen molar-refractivity contribution in [1.82, 2.24) is 14.9 Å². The number of anilines is 2. The molecule has 0 aromatic carbocycles. The second-order valence-electron chi connectivity index (χ2n) is 8.03. The lowest BCUT2D eigenvalue weighted by Gasteiger charge is -2.30. The minimum atomic E-state index is 0.255. The molecule has 1 saturated carbocycles. The number of rotatable bonds is 6. The average Bonchev–Trinajstić information content (AvgIpc) is 3.01. The summed E-state index contributed by atoms with van der Waals surface area (Å²) in [5, 5.41) is 6.75. The van der Waals surface area contributed by atoms with E-state index in [9.17, 15) is 4.91 Å². The van der Waals surface area contributed by atoms with Gasteiger partial charge in [-0.3, -0.25) is 4.90 Å². The molecule has 8 heteroatoms. The normalized spacial score (nSPS) is 23.0. The maximum atomic E-state index is 12.0. The van der Waals surface area contributed by atoms with Gasteiger partial charge in [-0.2, -0.15) is 4.98 Å². The molecule has 30 heavy (non-hydrogen) atoms. The molecule has 2 N–H and O–H groups in total. The summed E-state index contributed by atoms with van der Waals surface area (Å²) in [6.07, 6.45) is 18.0. The van der Waals surface area contributed by atoms with Crippen LogP contribution < -0.4 is 10.6 Å². The first-order valence-corrected chi connectivity index (χ1v) is 10.9. The molecule has 1 unspecified atom stereocenters. The maximum absolute atomic E-state index is 12.0. The van der Waals surface area contributed by atoms with E-state index in [0.29, 0.717) is 23.5 Å². The fourth-order valence-electron chi connectivity index (χ4n) is 4.14. The molecule has 2 fully saturated rings. The van der Waals surface area contributed by atoms with Gasteiger partial charge in [-0.05, 0) is 25.0 Å². The van der Waals surface area contributed by atoms with Gasteiger partial charge in [-0.25, -0.2) is 4.98 Å². The van der Waals surface area contributed by atoms with E-state index in [-0.39, 0.29) is 6.04 Å². The highest BCUT2D eigenvalue weighted by atomic mass is 16.5. The lowest BCUT2D eigenvalue weighted by atomic mass is 9.95. The first-order valence-electron chi connectivity index (χ1n) is 10.9. The molecule has 0 radical (unpaired) electrons. The average molecular weight is 412 g/mol. The summed E-state index contributed by atoms with van der Waals surface area (Å²) in [5.41, 5.74) is 1.37. The number of allylic oxidation sites excluding steroid dienone is 3. The molecule has 1 aliphatic heterocycles. The Morgan fingerprint density at radius 2 is 1.97 bits per heavy atom. The molecule has 1 atom stereocenters. The fraction of sp³-hybridized carbons (Fsp3) is 0.545. The van der Waals surface area contributed by atoms with Crippen molar-refractivity contribution in [2.24, 2.45) is 0 Å². The van der Waals surface area contributed by atoms with Gasteiger partial charge in [0.1, 0.15) is 6.20 Å². The monoisotopic (exact) mass is 411 g/mol. The predicted octanol–water partition coefficient (Wildman–Crippen LogP) is 3.38. The van der Waals surface area contributed by atoms with Crippen molar-refractivity contribution in [2.75, 3.05) is 44.0 Å². The Morgan fingerprint density at radius 3 is 2.73 bits per heavy atom. The Morgan fingerprint density at radius 1 is 1.17 bits per heavy atom. The molecule has 2 aliphatic carbocycles. The van der Waals surface area contributed by atoms with Gasteiger partial charge in [0.15, 0.2) is 7.05 Å². The Hall–Kier alpha value is -2.58. The van der Waals surface area contributed by atoms with Gasteiger partial charge in [0, 0.05) is 40.5 Å². The molecule has 3 aliphatic rings. The summed E-state index contributed by atoms with van der Waals surface area (Å²) in [6.45, 7) is 3.43. The van der Waals surface area contributed by atoms with Gasteiger partial charge in [0.2, 0.25) is 11.8 Å². The quantitative estimate of drug-likeness (QED) is 0.695. The minimum Gasteiger partial charge on any atom is -0.379 e. The number of nitrogens with zero attached hydrogens (tertiary/aromatic N) is 4. The molecule has 4 rings (SSSR count). The van der Waals surface area contributed by atoms with E-state index in [2.05, 4.69) is 49.8 Å². The zero-order valence-corrected chi connectivity index (χ0v) is 17.6. The van der Waals surface area contributed by atoms with Crippen LogP contribution in [0, 0.1) is 4.91 Å². The number of nitrogens with one attached hydrogen (secondary N) is 2. The van der Waals surface area contributed by atoms with Crippen LogP contribution in [-0.2, 0) is 4.74 Å². The number of hydrogen-bond donors (Lipinski definition) is 2. The first-order chi connectivity index (χ1) is 14.7. The Balaban J connectivity index is 1.46. The van der Waals surface area contributed by atoms with Crippen LogP contribution in [0.4, 0.5) is 17.5 Å². The molecule has 2 heterocycles. The van der Waals surface area contributed by atoms with Crippen molar-refractivity contribution < 1.29 is 9.50 Å². The molecule has 1 aromatic heterocycles. The van der Waals surface area contributed by atoms with Crippen molar-refractivity contribution in [3.8, 4) is 0 Å². The van der Waals surface area contributed by atoms with E-state index < -0.39 is 0 Å². The van der Waals surface area contributed by atoms with Gasteiger partial charge in [0.05, 0.1) is 13.2 Å². The maximum Gasteiger partial charge on any atom is 0.315 e. The molecule has 0 bridgehead atoms. The minimum absolute atomic E-state index is 0.255. The zero-order valence-electron chi connectivity index (χ0n) is 17.6. The highest BCUT2D eigenvalue weighted by molar-refractivity contribution is 5.58. The topological polar surface area (TPSA) is 82.4 Å². The van der Waals surface area contributed by atoms with Gasteiger partial charge in [-0.15, -0.1) is 0 Å². The lowest BCUT2D eigenvalue weighted by molar-refractivity contribution is -0.427. The van der Waals surface area contributed by atoms with Crippen LogP contribution in [0.3, 0.4) is 0 Å². The van der Waals surface area contributed by atoms with Crippen LogP contribution in [0.15, 0.2) is 42.3 Å². The molecule has 160 valence electrons. The van der Waals surface area contributed by atoms with Crippen LogP contribution in [0.1, 0.15) is 32.1 Å². The largest absolute Gasteiger partial charge is 0.379 e. The van der Waals surface area contributed by atoms with Crippen molar-refractivity contribution in [2.45, 2.75) is 44.2 Å². The smallest absolute Gasteiger partial charge is 0.315 e. The Bertz CT molecular complexity index is 838. The first kappa shape index (κ1) is 20.7. The second-order valence-corrected chi connectivity index (χ2v) is 8.03. The van der Waals surface area contributed by atoms with Crippen molar-refractivity contribution in [3.63, 3.8) is 0 Å². The number of morpholine rings is 1. The van der Waals surface area contributed by atoms with E-state index >= 15 is 0 Å². The van der Waals surface area contributed by atoms with Crippen LogP contribution >= 0.6 is 0 Å². The zero-order chi connectivity index (χ0) is 20.8. The summed E-state index contributed by atoms with van der Waals surface area (Å²) in [5.74, 6) is 1.07. The molecule has 0 amide bonds. The van der Waals surface area contributed by atoms with E-state index in [4.69, 9.17) is 4.74 Å². The molecule has 1 saturated heterocycles. The molecule has 0 spiro atoms. The Labute approximate surface area is 177 Å². The summed E-state index contributed by atoms with van der Waals surface area (Å²) in [7, 11) is 1.48. The third-order valence-corrected chi connectivity index (χ3v) is 5.84. The molecular weight excluding hydrogens is 380 g/mol. The SMILES string of the molecule is C[N+](=O)c1cnc(NC2=CC=CC(N3CCOCC3)C=C2)nc1NC1CCCCC1. The van der Waals surface area contributed by atoms with E-state index in [1.165, 1.54) is 26.3 Å². The van der Waals surface area contributed by atoms with Gasteiger partial charge < -0.3 is 15.4 Å². The van der Waals surface area contributed by atoms with Gasteiger partial charge in [-0.1, -0.05) is 37.5 Å². The third-order valence-electron chi connectivity index (χ3n) is 5.84. The lowest BCUT2D eigenvalue weighted by Crippen LogP contribution is -2.41.